The zero-order valence-corrected chi connectivity index (χ0v) is 27.8. The number of hydrogen-bond acceptors (Lipinski definition) is 6. The number of nitrogens with zero attached hydrogens (tertiary/aromatic N) is 2. The molecule has 4 rings (SSSR count). The summed E-state index contributed by atoms with van der Waals surface area (Å²) in [6.07, 6.45) is 4.28. The quantitative estimate of drug-likeness (QED) is 0.226. The zero-order chi connectivity index (χ0) is 31.7. The van der Waals surface area contributed by atoms with Gasteiger partial charge in [0.05, 0.1) is 24.3 Å². The fraction of sp³-hybridized carbons (Fsp3) is 0.394. The molecule has 0 radical (unpaired) electrons. The van der Waals surface area contributed by atoms with Gasteiger partial charge in [-0.3, -0.25) is 13.9 Å². The maximum Gasteiger partial charge on any atom is 0.264 e. The van der Waals surface area contributed by atoms with Crippen LogP contribution < -0.4 is 19.1 Å². The molecule has 9 nitrogen and oxygen atoms in total. The Labute approximate surface area is 268 Å². The summed E-state index contributed by atoms with van der Waals surface area (Å²) in [5, 5.41) is 3.13. The molecule has 2 amide bonds. The van der Waals surface area contributed by atoms with E-state index in [9.17, 15) is 18.0 Å². The fourth-order valence-electron chi connectivity index (χ4n) is 5.39. The van der Waals surface area contributed by atoms with Crippen LogP contribution in [0, 0.1) is 0 Å². The summed E-state index contributed by atoms with van der Waals surface area (Å²) in [5.41, 5.74) is 1.06. The van der Waals surface area contributed by atoms with Gasteiger partial charge in [0, 0.05) is 17.1 Å². The molecule has 1 unspecified atom stereocenters. The number of halogens is 1. The Balaban J connectivity index is 1.72. The Kier molecular flexibility index (Phi) is 11.7. The molecule has 0 spiro atoms. The topological polar surface area (TPSA) is 105 Å². The van der Waals surface area contributed by atoms with E-state index in [2.05, 4.69) is 21.2 Å². The molecule has 3 aromatic carbocycles. The normalized spacial score (nSPS) is 14.1. The van der Waals surface area contributed by atoms with Crippen molar-refractivity contribution in [1.29, 1.82) is 0 Å². The van der Waals surface area contributed by atoms with E-state index in [1.807, 2.05) is 32.0 Å². The molecule has 236 valence electrons. The average Bonchev–Trinajstić information content (AvgIpc) is 3.53. The molecule has 0 heterocycles. The molecule has 11 heteroatoms. The minimum absolute atomic E-state index is 0.0350. The molecule has 1 aliphatic carbocycles. The molecule has 0 bridgehead atoms. The number of amides is 2. The van der Waals surface area contributed by atoms with E-state index < -0.39 is 28.5 Å². The number of rotatable bonds is 14. The number of nitrogens with one attached hydrogen (secondary N) is 1. The molecule has 1 fully saturated rings. The zero-order valence-electron chi connectivity index (χ0n) is 25.4. The lowest BCUT2D eigenvalue weighted by atomic mass is 10.1. The van der Waals surface area contributed by atoms with Gasteiger partial charge in [0.2, 0.25) is 11.8 Å². The summed E-state index contributed by atoms with van der Waals surface area (Å²) in [6.45, 7) is 3.76. The second kappa shape index (κ2) is 15.4. The monoisotopic (exact) mass is 685 g/mol. The van der Waals surface area contributed by atoms with Gasteiger partial charge in [-0.1, -0.05) is 47.8 Å². The summed E-state index contributed by atoms with van der Waals surface area (Å²) in [4.78, 5) is 29.4. The predicted molar refractivity (Wildman–Crippen MR) is 174 cm³/mol. The van der Waals surface area contributed by atoms with Crippen LogP contribution in [0.4, 0.5) is 5.69 Å². The molecule has 0 saturated heterocycles. The summed E-state index contributed by atoms with van der Waals surface area (Å²) in [6, 6.07) is 19.4. The van der Waals surface area contributed by atoms with Gasteiger partial charge < -0.3 is 19.7 Å². The Hall–Kier alpha value is -3.57. The van der Waals surface area contributed by atoms with Crippen LogP contribution in [-0.2, 0) is 26.2 Å². The predicted octanol–water partition coefficient (Wildman–Crippen LogP) is 5.92. The van der Waals surface area contributed by atoms with Gasteiger partial charge in [0.1, 0.15) is 24.1 Å². The second-order valence-corrected chi connectivity index (χ2v) is 13.5. The summed E-state index contributed by atoms with van der Waals surface area (Å²) in [7, 11) is -2.61. The van der Waals surface area contributed by atoms with Gasteiger partial charge in [-0.2, -0.15) is 0 Å². The van der Waals surface area contributed by atoms with Crippen LogP contribution in [0.5, 0.6) is 11.5 Å². The summed E-state index contributed by atoms with van der Waals surface area (Å²) < 4.78 is 40.9. The molecule has 1 N–H and O–H groups in total. The first-order valence-electron chi connectivity index (χ1n) is 14.9. The first kappa shape index (κ1) is 33.3. The molecule has 1 aliphatic rings. The lowest BCUT2D eigenvalue weighted by molar-refractivity contribution is -0.140. The standard InChI is InChI=1S/C33H40BrN3O6S/c1-4-31(33(39)35-26-10-6-7-11-26)36(22-24-9-8-12-29(21-24)42-3)32(38)23-37(27-15-17-28(18-16-27)43-5-2)44(40,41)30-19-13-25(34)14-20-30/h8-9,12-21,26,31H,4-7,10-11,22-23H2,1-3H3,(H,35,39). The van der Waals surface area contributed by atoms with E-state index in [1.165, 1.54) is 17.0 Å². The highest BCUT2D eigenvalue weighted by atomic mass is 79.9. The van der Waals surface area contributed by atoms with E-state index in [0.29, 0.717) is 30.2 Å². The molecule has 0 aromatic heterocycles. The van der Waals surface area contributed by atoms with Crippen LogP contribution in [0.3, 0.4) is 0 Å². The summed E-state index contributed by atoms with van der Waals surface area (Å²) >= 11 is 3.36. The van der Waals surface area contributed by atoms with Gasteiger partial charge in [-0.05, 0) is 92.4 Å². The van der Waals surface area contributed by atoms with Crippen molar-refractivity contribution in [2.45, 2.75) is 69.5 Å². The molecular formula is C33H40BrN3O6S. The third-order valence-corrected chi connectivity index (χ3v) is 10.0. The molecule has 1 atom stereocenters. The minimum atomic E-state index is -4.18. The number of ether oxygens (including phenoxy) is 2. The number of hydrogen-bond donors (Lipinski definition) is 1. The number of benzene rings is 3. The highest BCUT2D eigenvalue weighted by Crippen LogP contribution is 2.28. The third-order valence-electron chi connectivity index (χ3n) is 7.69. The lowest BCUT2D eigenvalue weighted by Gasteiger charge is -2.34. The van der Waals surface area contributed by atoms with Crippen molar-refractivity contribution in [2.24, 2.45) is 0 Å². The number of carbonyl (C=O) groups excluding carboxylic acids is 2. The van der Waals surface area contributed by atoms with Gasteiger partial charge in [0.15, 0.2) is 0 Å². The third kappa shape index (κ3) is 8.32. The van der Waals surface area contributed by atoms with Gasteiger partial charge in [0.25, 0.3) is 10.0 Å². The van der Waals surface area contributed by atoms with Crippen LogP contribution in [0.1, 0.15) is 51.5 Å². The van der Waals surface area contributed by atoms with E-state index in [-0.39, 0.29) is 23.4 Å². The lowest BCUT2D eigenvalue weighted by Crippen LogP contribution is -2.53. The van der Waals surface area contributed by atoms with Crippen molar-refractivity contribution in [3.8, 4) is 11.5 Å². The molecule has 1 saturated carbocycles. The Morgan fingerprint density at radius 1 is 0.977 bits per heavy atom. The van der Waals surface area contributed by atoms with E-state index in [1.54, 1.807) is 49.6 Å². The smallest absolute Gasteiger partial charge is 0.264 e. The second-order valence-electron chi connectivity index (χ2n) is 10.7. The van der Waals surface area contributed by atoms with Crippen molar-refractivity contribution in [3.63, 3.8) is 0 Å². The van der Waals surface area contributed by atoms with Gasteiger partial charge in [-0.25, -0.2) is 8.42 Å². The van der Waals surface area contributed by atoms with E-state index in [4.69, 9.17) is 9.47 Å². The van der Waals surface area contributed by atoms with E-state index in [0.717, 1.165) is 40.0 Å². The number of anilines is 1. The fourth-order valence-corrected chi connectivity index (χ4v) is 7.07. The number of sulfonamides is 1. The van der Waals surface area contributed by atoms with Crippen LogP contribution in [0.15, 0.2) is 82.2 Å². The van der Waals surface area contributed by atoms with Crippen LogP contribution >= 0.6 is 15.9 Å². The van der Waals surface area contributed by atoms with Crippen molar-refractivity contribution < 1.29 is 27.5 Å². The molecule has 0 aliphatic heterocycles. The Bertz CT molecular complexity index is 1510. The van der Waals surface area contributed by atoms with Crippen molar-refractivity contribution in [3.05, 3.63) is 82.8 Å². The number of carbonyl (C=O) groups is 2. The highest BCUT2D eigenvalue weighted by molar-refractivity contribution is 9.10. The molecule has 44 heavy (non-hydrogen) atoms. The van der Waals surface area contributed by atoms with Crippen LogP contribution in [0.2, 0.25) is 0 Å². The maximum absolute atomic E-state index is 14.3. The van der Waals surface area contributed by atoms with Crippen LogP contribution in [-0.4, -0.2) is 57.5 Å². The van der Waals surface area contributed by atoms with Crippen molar-refractivity contribution in [2.75, 3.05) is 24.6 Å². The first-order valence-corrected chi connectivity index (χ1v) is 17.1. The first-order chi connectivity index (χ1) is 21.2. The van der Waals surface area contributed by atoms with Gasteiger partial charge >= 0.3 is 0 Å². The Morgan fingerprint density at radius 2 is 1.66 bits per heavy atom. The average molecular weight is 687 g/mol. The highest BCUT2D eigenvalue weighted by Gasteiger charge is 2.34. The Morgan fingerprint density at radius 3 is 2.27 bits per heavy atom. The molecular weight excluding hydrogens is 646 g/mol. The van der Waals surface area contributed by atoms with Crippen molar-refractivity contribution in [1.82, 2.24) is 10.2 Å². The van der Waals surface area contributed by atoms with E-state index >= 15 is 0 Å². The SMILES string of the molecule is CCOc1ccc(N(CC(=O)N(Cc2cccc(OC)c2)C(CC)C(=O)NC2CCCC2)S(=O)(=O)c2ccc(Br)cc2)cc1. The summed E-state index contributed by atoms with van der Waals surface area (Å²) in [5.74, 6) is 0.458. The maximum atomic E-state index is 14.3. The van der Waals surface area contributed by atoms with Crippen molar-refractivity contribution >= 4 is 43.5 Å². The molecule has 3 aromatic rings. The number of methoxy groups -OCH3 is 1. The minimum Gasteiger partial charge on any atom is -0.497 e. The van der Waals surface area contributed by atoms with Crippen LogP contribution in [0.25, 0.3) is 0 Å². The van der Waals surface area contributed by atoms with Gasteiger partial charge in [-0.15, -0.1) is 0 Å². The largest absolute Gasteiger partial charge is 0.497 e.